The molecule has 37 heavy (non-hydrogen) atoms. The van der Waals surface area contributed by atoms with Gasteiger partial charge in [0.1, 0.15) is 5.75 Å². The summed E-state index contributed by atoms with van der Waals surface area (Å²) in [5, 5.41) is 26.3. The van der Waals surface area contributed by atoms with Crippen LogP contribution in [0.25, 0.3) is 0 Å². The van der Waals surface area contributed by atoms with E-state index in [2.05, 4.69) is 20.4 Å². The van der Waals surface area contributed by atoms with E-state index in [9.17, 15) is 14.7 Å². The van der Waals surface area contributed by atoms with Gasteiger partial charge in [0.25, 0.3) is 0 Å². The SMILES string of the molecule is O=c1nc(Nc2ccc(Oc3noc(C4CC4)n3)cc2)n(Cc2ccc(Cl)cc2)c(=O)n1C[C@H](O)CO. The third-order valence-corrected chi connectivity index (χ3v) is 5.93. The molecule has 0 saturated heterocycles. The highest BCUT2D eigenvalue weighted by Crippen LogP contribution is 2.39. The van der Waals surface area contributed by atoms with Crippen LogP contribution in [0.2, 0.25) is 5.02 Å². The van der Waals surface area contributed by atoms with Crippen molar-refractivity contribution >= 4 is 23.2 Å². The average molecular weight is 527 g/mol. The zero-order valence-corrected chi connectivity index (χ0v) is 20.2. The van der Waals surface area contributed by atoms with E-state index in [0.717, 1.165) is 23.0 Å². The Hall–Kier alpha value is -4.00. The van der Waals surface area contributed by atoms with Crippen molar-refractivity contribution < 1.29 is 19.5 Å². The number of anilines is 2. The van der Waals surface area contributed by atoms with Gasteiger partial charge in [-0.1, -0.05) is 23.7 Å². The number of ether oxygens (including phenoxy) is 1. The Kier molecular flexibility index (Phi) is 7.04. The third kappa shape index (κ3) is 5.88. The van der Waals surface area contributed by atoms with E-state index in [1.54, 1.807) is 48.5 Å². The molecule has 0 bridgehead atoms. The van der Waals surface area contributed by atoms with Crippen LogP contribution in [0.4, 0.5) is 11.6 Å². The summed E-state index contributed by atoms with van der Waals surface area (Å²) in [5.74, 6) is 1.35. The van der Waals surface area contributed by atoms with Crippen LogP contribution in [0.5, 0.6) is 11.8 Å². The van der Waals surface area contributed by atoms with E-state index in [1.807, 2.05) is 0 Å². The van der Waals surface area contributed by atoms with Crippen molar-refractivity contribution in [3.05, 3.63) is 86.0 Å². The van der Waals surface area contributed by atoms with Gasteiger partial charge in [-0.25, -0.2) is 14.2 Å². The highest BCUT2D eigenvalue weighted by molar-refractivity contribution is 6.30. The number of benzene rings is 2. The molecule has 192 valence electrons. The summed E-state index contributed by atoms with van der Waals surface area (Å²) in [6.07, 6.45) is 0.777. The number of nitrogens with one attached hydrogen (secondary N) is 1. The predicted molar refractivity (Wildman–Crippen MR) is 132 cm³/mol. The predicted octanol–water partition coefficient (Wildman–Crippen LogP) is 2.26. The highest BCUT2D eigenvalue weighted by Gasteiger charge is 2.30. The highest BCUT2D eigenvalue weighted by atomic mass is 35.5. The smallest absolute Gasteiger partial charge is 0.359 e. The zero-order valence-electron chi connectivity index (χ0n) is 19.5. The molecule has 0 spiro atoms. The summed E-state index contributed by atoms with van der Waals surface area (Å²) in [7, 11) is 0. The molecule has 3 N–H and O–H groups in total. The van der Waals surface area contributed by atoms with E-state index >= 15 is 0 Å². The van der Waals surface area contributed by atoms with Gasteiger partial charge < -0.3 is 24.8 Å². The largest absolute Gasteiger partial charge is 0.422 e. The van der Waals surface area contributed by atoms with Gasteiger partial charge in [0, 0.05) is 16.6 Å². The second kappa shape index (κ2) is 10.5. The van der Waals surface area contributed by atoms with Crippen LogP contribution in [0.3, 0.4) is 0 Å². The lowest BCUT2D eigenvalue weighted by Gasteiger charge is -2.17. The molecule has 1 aliphatic rings. The number of halogens is 1. The Morgan fingerprint density at radius 3 is 2.49 bits per heavy atom. The van der Waals surface area contributed by atoms with Crippen LogP contribution in [0.1, 0.15) is 30.2 Å². The molecule has 1 fully saturated rings. The Labute approximate surface area is 214 Å². The lowest BCUT2D eigenvalue weighted by molar-refractivity contribution is 0.0785. The van der Waals surface area contributed by atoms with Gasteiger partial charge in [0.05, 0.1) is 25.8 Å². The first-order valence-corrected chi connectivity index (χ1v) is 11.9. The van der Waals surface area contributed by atoms with Crippen LogP contribution < -0.4 is 21.4 Å². The molecule has 1 atom stereocenters. The minimum absolute atomic E-state index is 0.000555. The maximum Gasteiger partial charge on any atom is 0.359 e. The maximum atomic E-state index is 13.2. The van der Waals surface area contributed by atoms with Gasteiger partial charge in [0.15, 0.2) is 0 Å². The van der Waals surface area contributed by atoms with E-state index in [4.69, 9.17) is 26.0 Å². The van der Waals surface area contributed by atoms with Crippen molar-refractivity contribution in [3.63, 3.8) is 0 Å². The maximum absolute atomic E-state index is 13.2. The minimum Gasteiger partial charge on any atom is -0.422 e. The normalized spacial score (nSPS) is 13.9. The van der Waals surface area contributed by atoms with Crippen molar-refractivity contribution in [1.29, 1.82) is 0 Å². The summed E-state index contributed by atoms with van der Waals surface area (Å²) < 4.78 is 12.9. The fourth-order valence-electron chi connectivity index (χ4n) is 3.56. The first-order chi connectivity index (χ1) is 17.9. The molecule has 5 rings (SSSR count). The van der Waals surface area contributed by atoms with Crippen molar-refractivity contribution in [2.45, 2.75) is 38.0 Å². The first kappa shape index (κ1) is 24.7. The summed E-state index contributed by atoms with van der Waals surface area (Å²) in [6.45, 7) is -0.931. The fraction of sp³-hybridized carbons (Fsp3) is 0.292. The van der Waals surface area contributed by atoms with Crippen molar-refractivity contribution in [3.8, 4) is 11.8 Å². The summed E-state index contributed by atoms with van der Waals surface area (Å²) >= 11 is 5.97. The lowest BCUT2D eigenvalue weighted by Crippen LogP contribution is -2.45. The Balaban J connectivity index is 1.40. The molecule has 13 heteroatoms. The standard InChI is InChI=1S/C24H23ClN6O6/c25-16-5-1-14(2-6-16)11-30-21(28-23(34)31(24(30)35)12-18(33)13-32)26-17-7-9-19(10-8-17)36-22-27-20(37-29-22)15-3-4-15/h1-2,5-10,15,18,32-33H,3-4,11-13H2,(H,26,28,34)/t18-/m0/s1. The van der Waals surface area contributed by atoms with E-state index < -0.39 is 30.6 Å². The van der Waals surface area contributed by atoms with E-state index in [0.29, 0.717) is 28.3 Å². The first-order valence-electron chi connectivity index (χ1n) is 11.5. The van der Waals surface area contributed by atoms with Gasteiger partial charge in [-0.15, -0.1) is 0 Å². The molecular formula is C24H23ClN6O6. The van der Waals surface area contributed by atoms with Gasteiger partial charge in [-0.3, -0.25) is 4.57 Å². The number of aliphatic hydroxyl groups excluding tert-OH is 2. The molecule has 0 unspecified atom stereocenters. The monoisotopic (exact) mass is 526 g/mol. The topological polar surface area (TPSA) is 158 Å². The lowest BCUT2D eigenvalue weighted by atomic mass is 10.2. The molecule has 0 amide bonds. The Bertz CT molecular complexity index is 1490. The molecule has 4 aromatic rings. The fourth-order valence-corrected chi connectivity index (χ4v) is 3.69. The number of nitrogens with zero attached hydrogens (tertiary/aromatic N) is 5. The summed E-state index contributed by atoms with van der Waals surface area (Å²) in [6, 6.07) is 13.7. The van der Waals surface area contributed by atoms with Crippen LogP contribution >= 0.6 is 11.6 Å². The van der Waals surface area contributed by atoms with Crippen LogP contribution in [0.15, 0.2) is 62.6 Å². The van der Waals surface area contributed by atoms with Gasteiger partial charge in [-0.05, 0) is 60.0 Å². The quantitative estimate of drug-likeness (QED) is 0.280. The average Bonchev–Trinajstić information content (AvgIpc) is 3.65. The third-order valence-electron chi connectivity index (χ3n) is 5.68. The van der Waals surface area contributed by atoms with Crippen LogP contribution in [-0.2, 0) is 13.1 Å². The molecule has 0 radical (unpaired) electrons. The van der Waals surface area contributed by atoms with Crippen molar-refractivity contribution in [1.82, 2.24) is 24.3 Å². The Morgan fingerprint density at radius 2 is 1.81 bits per heavy atom. The number of rotatable bonds is 10. The molecule has 2 aromatic heterocycles. The molecule has 0 aliphatic heterocycles. The molecule has 1 saturated carbocycles. The second-order valence-electron chi connectivity index (χ2n) is 8.60. The summed E-state index contributed by atoms with van der Waals surface area (Å²) in [5.41, 5.74) is -0.300. The number of aromatic nitrogens is 5. The van der Waals surface area contributed by atoms with Gasteiger partial charge in [-0.2, -0.15) is 9.97 Å². The molecule has 2 aromatic carbocycles. The van der Waals surface area contributed by atoms with E-state index in [-0.39, 0.29) is 18.5 Å². The minimum atomic E-state index is -1.29. The summed E-state index contributed by atoms with van der Waals surface area (Å²) in [4.78, 5) is 34.1. The molecule has 1 aliphatic carbocycles. The molecule has 12 nitrogen and oxygen atoms in total. The molecule has 2 heterocycles. The van der Waals surface area contributed by atoms with Crippen LogP contribution in [0, 0.1) is 0 Å². The van der Waals surface area contributed by atoms with Crippen molar-refractivity contribution in [2.24, 2.45) is 0 Å². The second-order valence-corrected chi connectivity index (χ2v) is 9.04. The number of hydrogen-bond donors (Lipinski definition) is 3. The number of aliphatic hydroxyl groups is 2. The van der Waals surface area contributed by atoms with Crippen molar-refractivity contribution in [2.75, 3.05) is 11.9 Å². The van der Waals surface area contributed by atoms with Gasteiger partial charge in [0.2, 0.25) is 11.8 Å². The van der Waals surface area contributed by atoms with Crippen LogP contribution in [-0.4, -0.2) is 47.2 Å². The molecular weight excluding hydrogens is 504 g/mol. The zero-order chi connectivity index (χ0) is 25.9. The van der Waals surface area contributed by atoms with E-state index in [1.165, 1.54) is 4.57 Å². The Morgan fingerprint density at radius 1 is 1.08 bits per heavy atom. The number of hydrogen-bond acceptors (Lipinski definition) is 10. The van der Waals surface area contributed by atoms with Gasteiger partial charge >= 0.3 is 17.4 Å².